The SMILES string of the molecule is FC1(F)CC1CCOc1cc(-c2cncs2)c2ccccc2c1. The molecule has 1 unspecified atom stereocenters. The van der Waals surface area contributed by atoms with E-state index in [9.17, 15) is 8.78 Å². The first-order valence-electron chi connectivity index (χ1n) is 7.56. The Bertz CT molecular complexity index is 832. The number of aromatic nitrogens is 1. The number of thiazole rings is 1. The summed E-state index contributed by atoms with van der Waals surface area (Å²) < 4.78 is 31.6. The monoisotopic (exact) mass is 331 g/mol. The Morgan fingerprint density at radius 2 is 2.09 bits per heavy atom. The topological polar surface area (TPSA) is 22.1 Å². The van der Waals surface area contributed by atoms with E-state index in [1.807, 2.05) is 36.5 Å². The molecule has 1 aliphatic carbocycles. The zero-order valence-electron chi connectivity index (χ0n) is 12.3. The van der Waals surface area contributed by atoms with Gasteiger partial charge in [-0.2, -0.15) is 0 Å². The largest absolute Gasteiger partial charge is 0.494 e. The van der Waals surface area contributed by atoms with Gasteiger partial charge in [0.15, 0.2) is 0 Å². The van der Waals surface area contributed by atoms with Crippen LogP contribution in [0.3, 0.4) is 0 Å². The second-order valence-electron chi connectivity index (χ2n) is 5.86. The average molecular weight is 331 g/mol. The van der Waals surface area contributed by atoms with Crippen molar-refractivity contribution in [1.29, 1.82) is 0 Å². The molecule has 1 fully saturated rings. The summed E-state index contributed by atoms with van der Waals surface area (Å²) in [6, 6.07) is 12.0. The Morgan fingerprint density at radius 3 is 2.83 bits per heavy atom. The minimum absolute atomic E-state index is 0.000194. The van der Waals surface area contributed by atoms with Gasteiger partial charge in [-0.05, 0) is 29.3 Å². The minimum atomic E-state index is -2.47. The molecule has 5 heteroatoms. The van der Waals surface area contributed by atoms with E-state index in [1.165, 1.54) is 0 Å². The second kappa shape index (κ2) is 5.57. The van der Waals surface area contributed by atoms with Gasteiger partial charge < -0.3 is 4.74 Å². The molecule has 1 aromatic heterocycles. The standard InChI is InChI=1S/C18H15F2NOS/c19-18(20)9-13(18)5-6-22-14-7-12-3-1-2-4-15(12)16(8-14)17-10-21-11-23-17/h1-4,7-8,10-11,13H,5-6,9H2. The normalized spacial score (nSPS) is 19.0. The van der Waals surface area contributed by atoms with Crippen molar-refractivity contribution in [2.75, 3.05) is 6.61 Å². The van der Waals surface area contributed by atoms with E-state index < -0.39 is 11.8 Å². The number of fused-ring (bicyclic) bond motifs is 1. The lowest BCUT2D eigenvalue weighted by Gasteiger charge is -2.11. The predicted molar refractivity (Wildman–Crippen MR) is 88.2 cm³/mol. The van der Waals surface area contributed by atoms with E-state index in [4.69, 9.17) is 4.74 Å². The van der Waals surface area contributed by atoms with Gasteiger partial charge in [-0.25, -0.2) is 8.78 Å². The fraction of sp³-hybridized carbons (Fsp3) is 0.278. The van der Waals surface area contributed by atoms with Crippen LogP contribution in [0.2, 0.25) is 0 Å². The summed E-state index contributed by atoms with van der Waals surface area (Å²) in [6.45, 7) is 0.320. The van der Waals surface area contributed by atoms with Crippen LogP contribution in [-0.2, 0) is 0 Å². The van der Waals surface area contributed by atoms with Gasteiger partial charge >= 0.3 is 0 Å². The lowest BCUT2D eigenvalue weighted by atomic mass is 10.0. The lowest BCUT2D eigenvalue weighted by Crippen LogP contribution is -2.02. The molecule has 0 bridgehead atoms. The zero-order chi connectivity index (χ0) is 15.9. The first-order chi connectivity index (χ1) is 11.1. The van der Waals surface area contributed by atoms with Crippen LogP contribution in [0, 0.1) is 5.92 Å². The van der Waals surface area contributed by atoms with Gasteiger partial charge in [0.05, 0.1) is 17.0 Å². The highest BCUT2D eigenvalue weighted by Gasteiger charge is 2.56. The van der Waals surface area contributed by atoms with Gasteiger partial charge in [0.25, 0.3) is 5.92 Å². The molecule has 1 aliphatic rings. The molecule has 118 valence electrons. The van der Waals surface area contributed by atoms with E-state index in [1.54, 1.807) is 16.8 Å². The molecule has 1 heterocycles. The number of benzene rings is 2. The maximum absolute atomic E-state index is 12.9. The van der Waals surface area contributed by atoms with Gasteiger partial charge in [-0.15, -0.1) is 11.3 Å². The Kier molecular flexibility index (Phi) is 3.53. The summed E-state index contributed by atoms with van der Waals surface area (Å²) in [7, 11) is 0. The van der Waals surface area contributed by atoms with Gasteiger partial charge in [-0.1, -0.05) is 24.3 Å². The van der Waals surface area contributed by atoms with Crippen LogP contribution in [0.15, 0.2) is 48.1 Å². The summed E-state index contributed by atoms with van der Waals surface area (Å²) in [4.78, 5) is 5.21. The zero-order valence-corrected chi connectivity index (χ0v) is 13.2. The van der Waals surface area contributed by atoms with Crippen LogP contribution in [-0.4, -0.2) is 17.5 Å². The first-order valence-corrected chi connectivity index (χ1v) is 8.44. The quantitative estimate of drug-likeness (QED) is 0.625. The fourth-order valence-electron chi connectivity index (χ4n) is 2.82. The molecule has 2 nitrogen and oxygen atoms in total. The van der Waals surface area contributed by atoms with Gasteiger partial charge in [0.2, 0.25) is 0 Å². The van der Waals surface area contributed by atoms with E-state index >= 15 is 0 Å². The highest BCUT2D eigenvalue weighted by atomic mass is 32.1. The van der Waals surface area contributed by atoms with Crippen molar-refractivity contribution in [2.45, 2.75) is 18.8 Å². The summed E-state index contributed by atoms with van der Waals surface area (Å²) in [5.74, 6) is -2.26. The highest BCUT2D eigenvalue weighted by Crippen LogP contribution is 2.50. The van der Waals surface area contributed by atoms with Crippen LogP contribution >= 0.6 is 11.3 Å². The molecule has 0 aliphatic heterocycles. The molecule has 0 spiro atoms. The smallest absolute Gasteiger partial charge is 0.251 e. The Hall–Kier alpha value is -2.01. The van der Waals surface area contributed by atoms with Crippen LogP contribution in [0.4, 0.5) is 8.78 Å². The molecule has 0 saturated heterocycles. The van der Waals surface area contributed by atoms with Gasteiger partial charge in [0, 0.05) is 24.1 Å². The van der Waals surface area contributed by atoms with E-state index in [-0.39, 0.29) is 6.42 Å². The average Bonchev–Trinajstić information content (AvgIpc) is 2.94. The fourth-order valence-corrected chi connectivity index (χ4v) is 3.47. The molecular formula is C18H15F2NOS. The Morgan fingerprint density at radius 1 is 1.26 bits per heavy atom. The number of hydrogen-bond acceptors (Lipinski definition) is 3. The lowest BCUT2D eigenvalue weighted by molar-refractivity contribution is 0.0930. The molecule has 0 N–H and O–H groups in total. The first kappa shape index (κ1) is 14.6. The minimum Gasteiger partial charge on any atom is -0.494 e. The Balaban J connectivity index is 1.60. The molecule has 1 saturated carbocycles. The van der Waals surface area contributed by atoms with Crippen molar-refractivity contribution in [3.8, 4) is 16.2 Å². The van der Waals surface area contributed by atoms with Crippen molar-refractivity contribution in [3.05, 3.63) is 48.1 Å². The highest BCUT2D eigenvalue weighted by molar-refractivity contribution is 7.13. The molecule has 1 atom stereocenters. The molecule has 0 amide bonds. The maximum Gasteiger partial charge on any atom is 0.251 e. The summed E-state index contributed by atoms with van der Waals surface area (Å²) in [5, 5.41) is 2.21. The van der Waals surface area contributed by atoms with E-state index in [0.29, 0.717) is 13.0 Å². The number of halogens is 2. The van der Waals surface area contributed by atoms with Gasteiger partial charge in [-0.3, -0.25) is 4.98 Å². The summed E-state index contributed by atoms with van der Waals surface area (Å²) in [6.07, 6.45) is 2.23. The number of hydrogen-bond donors (Lipinski definition) is 0. The predicted octanol–water partition coefficient (Wildman–Crippen LogP) is 5.39. The van der Waals surface area contributed by atoms with Crippen molar-refractivity contribution in [1.82, 2.24) is 4.98 Å². The number of rotatable bonds is 5. The molecule has 3 aromatic rings. The molecular weight excluding hydrogens is 316 g/mol. The van der Waals surface area contributed by atoms with Gasteiger partial charge in [0.1, 0.15) is 5.75 Å². The van der Waals surface area contributed by atoms with Crippen LogP contribution in [0.25, 0.3) is 21.2 Å². The molecule has 0 radical (unpaired) electrons. The maximum atomic E-state index is 12.9. The third-order valence-corrected chi connectivity index (χ3v) is 5.03. The van der Waals surface area contributed by atoms with Crippen LogP contribution in [0.1, 0.15) is 12.8 Å². The second-order valence-corrected chi connectivity index (χ2v) is 6.74. The molecule has 2 aromatic carbocycles. The number of nitrogens with zero attached hydrogens (tertiary/aromatic N) is 1. The number of alkyl halides is 2. The van der Waals surface area contributed by atoms with E-state index in [2.05, 4.69) is 11.1 Å². The van der Waals surface area contributed by atoms with Crippen molar-refractivity contribution in [3.63, 3.8) is 0 Å². The summed E-state index contributed by atoms with van der Waals surface area (Å²) >= 11 is 1.57. The van der Waals surface area contributed by atoms with Crippen LogP contribution < -0.4 is 4.74 Å². The third-order valence-electron chi connectivity index (χ3n) is 4.22. The Labute approximate surface area is 136 Å². The summed E-state index contributed by atoms with van der Waals surface area (Å²) in [5.41, 5.74) is 2.87. The third kappa shape index (κ3) is 2.93. The van der Waals surface area contributed by atoms with Crippen molar-refractivity contribution < 1.29 is 13.5 Å². The van der Waals surface area contributed by atoms with E-state index in [0.717, 1.165) is 27.0 Å². The molecule has 23 heavy (non-hydrogen) atoms. The van der Waals surface area contributed by atoms with Crippen LogP contribution in [0.5, 0.6) is 5.75 Å². The van der Waals surface area contributed by atoms with Crippen molar-refractivity contribution in [2.24, 2.45) is 5.92 Å². The molecule has 4 rings (SSSR count). The number of ether oxygens (including phenoxy) is 1. The van der Waals surface area contributed by atoms with Crippen molar-refractivity contribution >= 4 is 22.1 Å².